The van der Waals surface area contributed by atoms with Crippen LogP contribution in [0.1, 0.15) is 18.4 Å². The van der Waals surface area contributed by atoms with Crippen LogP contribution < -0.4 is 5.73 Å². The zero-order chi connectivity index (χ0) is 18.6. The standard InChI is InChI=1S/C24H23IN2/c25-20-12-9-18(10-13-20)24-21(8-4-5-15-26)22-16-19(11-14-23(22)27-24)17-6-2-1-3-7-17/h1-3,6-7,9-14,16,27H,4-5,8,15,26H2. The second-order valence-corrected chi connectivity index (χ2v) is 8.10. The quantitative estimate of drug-likeness (QED) is 0.251. The van der Waals surface area contributed by atoms with Crippen molar-refractivity contribution in [1.82, 2.24) is 4.98 Å². The van der Waals surface area contributed by atoms with Crippen molar-refractivity contribution in [2.75, 3.05) is 6.54 Å². The highest BCUT2D eigenvalue weighted by molar-refractivity contribution is 14.1. The second kappa shape index (κ2) is 8.28. The van der Waals surface area contributed by atoms with E-state index >= 15 is 0 Å². The molecule has 0 aliphatic carbocycles. The Balaban J connectivity index is 1.84. The molecule has 1 aromatic heterocycles. The molecule has 0 amide bonds. The van der Waals surface area contributed by atoms with Gasteiger partial charge in [0.15, 0.2) is 0 Å². The average Bonchev–Trinajstić information content (AvgIpc) is 3.07. The van der Waals surface area contributed by atoms with Gasteiger partial charge in [0.2, 0.25) is 0 Å². The summed E-state index contributed by atoms with van der Waals surface area (Å²) in [7, 11) is 0. The zero-order valence-corrected chi connectivity index (χ0v) is 17.4. The summed E-state index contributed by atoms with van der Waals surface area (Å²) >= 11 is 2.35. The Morgan fingerprint density at radius 3 is 2.26 bits per heavy atom. The predicted octanol–water partition coefficient (Wildman–Crippen LogP) is 6.39. The molecule has 4 aromatic rings. The van der Waals surface area contributed by atoms with Gasteiger partial charge in [0.1, 0.15) is 0 Å². The number of nitrogens with two attached hydrogens (primary N) is 1. The number of hydrogen-bond donors (Lipinski definition) is 2. The van der Waals surface area contributed by atoms with Crippen molar-refractivity contribution in [1.29, 1.82) is 0 Å². The highest BCUT2D eigenvalue weighted by atomic mass is 127. The normalized spacial score (nSPS) is 11.2. The van der Waals surface area contributed by atoms with E-state index in [-0.39, 0.29) is 0 Å². The minimum absolute atomic E-state index is 0.747. The highest BCUT2D eigenvalue weighted by Gasteiger charge is 2.14. The van der Waals surface area contributed by atoms with Crippen LogP contribution >= 0.6 is 22.6 Å². The summed E-state index contributed by atoms with van der Waals surface area (Å²) in [6.45, 7) is 0.747. The Bertz CT molecular complexity index is 1030. The van der Waals surface area contributed by atoms with E-state index in [9.17, 15) is 0 Å². The third kappa shape index (κ3) is 3.94. The van der Waals surface area contributed by atoms with E-state index in [0.717, 1.165) is 25.8 Å². The smallest absolute Gasteiger partial charge is 0.0497 e. The summed E-state index contributed by atoms with van der Waals surface area (Å²) in [6, 6.07) is 26.1. The molecule has 0 unspecified atom stereocenters. The Labute approximate surface area is 173 Å². The van der Waals surface area contributed by atoms with Gasteiger partial charge in [-0.15, -0.1) is 0 Å². The summed E-state index contributed by atoms with van der Waals surface area (Å²) in [4.78, 5) is 3.67. The first-order chi connectivity index (χ1) is 13.3. The number of aromatic nitrogens is 1. The maximum Gasteiger partial charge on any atom is 0.0497 e. The Morgan fingerprint density at radius 1 is 0.778 bits per heavy atom. The molecule has 0 aliphatic heterocycles. The lowest BCUT2D eigenvalue weighted by Crippen LogP contribution is -1.99. The minimum atomic E-state index is 0.747. The second-order valence-electron chi connectivity index (χ2n) is 6.86. The summed E-state index contributed by atoms with van der Waals surface area (Å²) in [5.74, 6) is 0. The molecular weight excluding hydrogens is 443 g/mol. The number of halogens is 1. The van der Waals surface area contributed by atoms with E-state index in [2.05, 4.69) is 100 Å². The number of unbranched alkanes of at least 4 members (excludes halogenated alkanes) is 1. The van der Waals surface area contributed by atoms with Crippen LogP contribution in [0.2, 0.25) is 0 Å². The topological polar surface area (TPSA) is 41.8 Å². The fourth-order valence-corrected chi connectivity index (χ4v) is 3.99. The third-order valence-corrected chi connectivity index (χ3v) is 5.75. The van der Waals surface area contributed by atoms with Crippen LogP contribution in [-0.2, 0) is 6.42 Å². The summed E-state index contributed by atoms with van der Waals surface area (Å²) < 4.78 is 1.25. The number of fused-ring (bicyclic) bond motifs is 1. The number of rotatable bonds is 6. The van der Waals surface area contributed by atoms with Gasteiger partial charge in [-0.3, -0.25) is 0 Å². The monoisotopic (exact) mass is 466 g/mol. The van der Waals surface area contributed by atoms with E-state index in [1.807, 2.05) is 0 Å². The van der Waals surface area contributed by atoms with Crippen molar-refractivity contribution >= 4 is 33.5 Å². The number of aromatic amines is 1. The lowest BCUT2D eigenvalue weighted by atomic mass is 9.97. The zero-order valence-electron chi connectivity index (χ0n) is 15.2. The molecule has 27 heavy (non-hydrogen) atoms. The molecule has 0 spiro atoms. The largest absolute Gasteiger partial charge is 0.354 e. The molecule has 4 rings (SSSR count). The summed E-state index contributed by atoms with van der Waals surface area (Å²) in [5, 5.41) is 1.32. The van der Waals surface area contributed by atoms with Gasteiger partial charge in [-0.25, -0.2) is 0 Å². The van der Waals surface area contributed by atoms with E-state index in [1.165, 1.54) is 42.4 Å². The van der Waals surface area contributed by atoms with E-state index in [1.54, 1.807) is 0 Å². The fraction of sp³-hybridized carbons (Fsp3) is 0.167. The van der Waals surface area contributed by atoms with Gasteiger partial charge < -0.3 is 10.7 Å². The van der Waals surface area contributed by atoms with Crippen LogP contribution in [0.25, 0.3) is 33.3 Å². The first-order valence-corrected chi connectivity index (χ1v) is 10.5. The average molecular weight is 466 g/mol. The lowest BCUT2D eigenvalue weighted by molar-refractivity contribution is 0.748. The van der Waals surface area contributed by atoms with Gasteiger partial charge in [0, 0.05) is 20.2 Å². The Morgan fingerprint density at radius 2 is 1.52 bits per heavy atom. The van der Waals surface area contributed by atoms with E-state index in [4.69, 9.17) is 5.73 Å². The van der Waals surface area contributed by atoms with Gasteiger partial charge in [-0.05, 0) is 94.9 Å². The van der Waals surface area contributed by atoms with E-state index in [0.29, 0.717) is 0 Å². The van der Waals surface area contributed by atoms with Gasteiger partial charge in [-0.1, -0.05) is 48.5 Å². The maximum absolute atomic E-state index is 5.74. The predicted molar refractivity (Wildman–Crippen MR) is 124 cm³/mol. The first-order valence-electron chi connectivity index (χ1n) is 9.42. The molecule has 0 saturated carbocycles. The SMILES string of the molecule is NCCCCc1c(-c2ccc(I)cc2)[nH]c2ccc(-c3ccccc3)cc12. The highest BCUT2D eigenvalue weighted by Crippen LogP contribution is 2.34. The van der Waals surface area contributed by atoms with Gasteiger partial charge >= 0.3 is 0 Å². The van der Waals surface area contributed by atoms with Crippen molar-refractivity contribution < 1.29 is 0 Å². The molecule has 0 aliphatic rings. The van der Waals surface area contributed by atoms with Gasteiger partial charge in [-0.2, -0.15) is 0 Å². The summed E-state index contributed by atoms with van der Waals surface area (Å²) in [5.41, 5.74) is 13.3. The minimum Gasteiger partial charge on any atom is -0.354 e. The number of aryl methyl sites for hydroxylation is 1. The molecular formula is C24H23IN2. The van der Waals surface area contributed by atoms with Crippen LogP contribution in [0.15, 0.2) is 72.8 Å². The van der Waals surface area contributed by atoms with Crippen LogP contribution in [0, 0.1) is 3.57 Å². The molecule has 0 fully saturated rings. The first kappa shape index (κ1) is 18.3. The number of H-pyrrole nitrogens is 1. The molecule has 2 nitrogen and oxygen atoms in total. The van der Waals surface area contributed by atoms with Crippen molar-refractivity contribution in [2.45, 2.75) is 19.3 Å². The van der Waals surface area contributed by atoms with E-state index < -0.39 is 0 Å². The molecule has 3 heteroatoms. The van der Waals surface area contributed by atoms with Crippen LogP contribution in [-0.4, -0.2) is 11.5 Å². The molecule has 3 aromatic carbocycles. The van der Waals surface area contributed by atoms with Gasteiger partial charge in [0.25, 0.3) is 0 Å². The van der Waals surface area contributed by atoms with Crippen LogP contribution in [0.4, 0.5) is 0 Å². The Hall–Kier alpha value is -2.11. The molecule has 0 atom stereocenters. The van der Waals surface area contributed by atoms with Gasteiger partial charge in [0.05, 0.1) is 0 Å². The number of nitrogens with one attached hydrogen (secondary N) is 1. The van der Waals surface area contributed by atoms with Crippen LogP contribution in [0.3, 0.4) is 0 Å². The molecule has 0 saturated heterocycles. The number of benzene rings is 3. The van der Waals surface area contributed by atoms with Crippen molar-refractivity contribution in [2.24, 2.45) is 5.73 Å². The molecule has 1 heterocycles. The molecule has 136 valence electrons. The van der Waals surface area contributed by atoms with Crippen LogP contribution in [0.5, 0.6) is 0 Å². The lowest BCUT2D eigenvalue weighted by Gasteiger charge is -2.06. The Kier molecular flexibility index (Phi) is 5.60. The van der Waals surface area contributed by atoms with Crippen molar-refractivity contribution in [3.63, 3.8) is 0 Å². The molecule has 0 bridgehead atoms. The molecule has 0 radical (unpaired) electrons. The summed E-state index contributed by atoms with van der Waals surface area (Å²) in [6.07, 6.45) is 3.20. The fourth-order valence-electron chi connectivity index (χ4n) is 3.63. The third-order valence-electron chi connectivity index (χ3n) is 5.03. The maximum atomic E-state index is 5.74. The number of hydrogen-bond acceptors (Lipinski definition) is 1. The molecule has 3 N–H and O–H groups in total. The van der Waals surface area contributed by atoms with Crippen molar-refractivity contribution in [3.05, 3.63) is 81.9 Å². The van der Waals surface area contributed by atoms with Crippen molar-refractivity contribution in [3.8, 4) is 22.4 Å².